The predicted molar refractivity (Wildman–Crippen MR) is 166 cm³/mol. The zero-order chi connectivity index (χ0) is 30.1. The third-order valence-corrected chi connectivity index (χ3v) is 7.15. The second-order valence-corrected chi connectivity index (χ2v) is 11.0. The number of hydrogen-bond donors (Lipinski definition) is 4. The first-order valence-corrected chi connectivity index (χ1v) is 14.2. The van der Waals surface area contributed by atoms with Crippen molar-refractivity contribution in [3.63, 3.8) is 0 Å². The number of nitrogens with two attached hydrogens (primary N) is 1. The molecule has 5 N–H and O–H groups in total. The summed E-state index contributed by atoms with van der Waals surface area (Å²) in [5.74, 6) is 6.38. The summed E-state index contributed by atoms with van der Waals surface area (Å²) in [4.78, 5) is 17.7. The van der Waals surface area contributed by atoms with Gasteiger partial charge < -0.3 is 20.8 Å². The molecule has 0 fully saturated rings. The van der Waals surface area contributed by atoms with Crippen molar-refractivity contribution in [2.24, 2.45) is 16.1 Å². The first kappa shape index (κ1) is 30.3. The standard InChI is InChI=1S/C33H39N7O2/c1-4-5-11-30-37-21-29(32(41)36-19-18-33(2,3)42)40(30)22-23-12-14-25(15-13-23)28-20-26(24-9-7-6-8-10-24)16-17-27(28)31(38-34)39-35/h6-10,12-17,20-21,34,42H,4-5,11,18-19,22,35H2,1-3H3,(H,36,41). The summed E-state index contributed by atoms with van der Waals surface area (Å²) < 4.78 is 1.98. The van der Waals surface area contributed by atoms with Crippen LogP contribution in [0.25, 0.3) is 22.3 Å². The van der Waals surface area contributed by atoms with Crippen molar-refractivity contribution in [2.75, 3.05) is 6.54 Å². The minimum absolute atomic E-state index is 0.146. The number of imidazole rings is 1. The number of nitrogens with zero attached hydrogens (tertiary/aromatic N) is 4. The van der Waals surface area contributed by atoms with E-state index in [0.717, 1.165) is 52.9 Å². The molecule has 0 atom stereocenters. The maximum absolute atomic E-state index is 13.1. The van der Waals surface area contributed by atoms with Gasteiger partial charge in [-0.25, -0.2) is 10.5 Å². The Bertz CT molecular complexity index is 1540. The number of aromatic nitrogens is 2. The lowest BCUT2D eigenvalue weighted by molar-refractivity contribution is 0.0691. The fourth-order valence-electron chi connectivity index (χ4n) is 4.80. The zero-order valence-electron chi connectivity index (χ0n) is 24.5. The summed E-state index contributed by atoms with van der Waals surface area (Å²) in [5.41, 5.74) is 12.8. The van der Waals surface area contributed by atoms with Crippen LogP contribution in [0, 0.1) is 5.53 Å². The minimum Gasteiger partial charge on any atom is -0.390 e. The molecule has 42 heavy (non-hydrogen) atoms. The van der Waals surface area contributed by atoms with Crippen molar-refractivity contribution >= 4 is 11.7 Å². The number of amides is 1. The zero-order valence-corrected chi connectivity index (χ0v) is 24.5. The molecule has 1 heterocycles. The second-order valence-electron chi connectivity index (χ2n) is 11.0. The van der Waals surface area contributed by atoms with E-state index in [1.807, 2.05) is 71.3 Å². The van der Waals surface area contributed by atoms with Crippen molar-refractivity contribution in [1.82, 2.24) is 14.9 Å². The first-order chi connectivity index (χ1) is 20.2. The number of carbonyl (C=O) groups is 1. The fraction of sp³-hybridized carbons (Fsp3) is 0.303. The lowest BCUT2D eigenvalue weighted by Gasteiger charge is -2.17. The summed E-state index contributed by atoms with van der Waals surface area (Å²) in [6, 6.07) is 24.1. The number of hydrazone groups is 1. The molecule has 0 bridgehead atoms. The van der Waals surface area contributed by atoms with Gasteiger partial charge in [-0.15, -0.1) is 5.11 Å². The van der Waals surface area contributed by atoms with Crippen molar-refractivity contribution in [2.45, 2.75) is 58.6 Å². The van der Waals surface area contributed by atoms with Crippen LogP contribution in [-0.4, -0.2) is 38.5 Å². The molecule has 0 spiro atoms. The molecule has 4 rings (SSSR count). The molecule has 9 heteroatoms. The Kier molecular flexibility index (Phi) is 9.98. The largest absolute Gasteiger partial charge is 0.390 e. The fourth-order valence-corrected chi connectivity index (χ4v) is 4.80. The Morgan fingerprint density at radius 1 is 1.05 bits per heavy atom. The smallest absolute Gasteiger partial charge is 0.269 e. The van der Waals surface area contributed by atoms with E-state index in [4.69, 9.17) is 11.4 Å². The molecule has 0 aliphatic carbocycles. The Hall–Kier alpha value is -4.63. The highest BCUT2D eigenvalue weighted by Crippen LogP contribution is 2.31. The van der Waals surface area contributed by atoms with Crippen LogP contribution >= 0.6 is 0 Å². The number of benzene rings is 3. The van der Waals surface area contributed by atoms with Crippen LogP contribution in [0.3, 0.4) is 0 Å². The van der Waals surface area contributed by atoms with Crippen LogP contribution in [-0.2, 0) is 13.0 Å². The van der Waals surface area contributed by atoms with Gasteiger partial charge in [0, 0.05) is 25.1 Å². The highest BCUT2D eigenvalue weighted by Gasteiger charge is 2.19. The highest BCUT2D eigenvalue weighted by molar-refractivity contribution is 6.05. The van der Waals surface area contributed by atoms with Crippen LogP contribution in [0.2, 0.25) is 0 Å². The summed E-state index contributed by atoms with van der Waals surface area (Å²) in [6.45, 7) is 6.44. The average molecular weight is 566 g/mol. The molecular weight excluding hydrogens is 526 g/mol. The van der Waals surface area contributed by atoms with Gasteiger partial charge in [0.15, 0.2) is 5.84 Å². The van der Waals surface area contributed by atoms with E-state index in [-0.39, 0.29) is 11.7 Å². The SMILES string of the molecule is CCCCc1ncc(C(=O)NCCC(C)(C)O)n1Cc1ccc(-c2cc(-c3ccccc3)ccc2C(N=N)=NN)cc1. The van der Waals surface area contributed by atoms with Crippen LogP contribution < -0.4 is 11.2 Å². The highest BCUT2D eigenvalue weighted by atomic mass is 16.3. The van der Waals surface area contributed by atoms with Gasteiger partial charge in [-0.1, -0.05) is 74.0 Å². The molecule has 1 amide bonds. The van der Waals surface area contributed by atoms with Gasteiger partial charge in [-0.3, -0.25) is 4.79 Å². The number of nitrogens with one attached hydrogen (secondary N) is 2. The normalized spacial score (nSPS) is 11.9. The van der Waals surface area contributed by atoms with Gasteiger partial charge in [-0.2, -0.15) is 5.10 Å². The van der Waals surface area contributed by atoms with Gasteiger partial charge in [0.05, 0.1) is 11.8 Å². The summed E-state index contributed by atoms with van der Waals surface area (Å²) in [5, 5.41) is 20.2. The Morgan fingerprint density at radius 2 is 1.76 bits per heavy atom. The second kappa shape index (κ2) is 13.8. The van der Waals surface area contributed by atoms with Crippen LogP contribution in [0.4, 0.5) is 0 Å². The van der Waals surface area contributed by atoms with E-state index >= 15 is 0 Å². The van der Waals surface area contributed by atoms with Gasteiger partial charge in [0.25, 0.3) is 5.91 Å². The predicted octanol–water partition coefficient (Wildman–Crippen LogP) is 6.15. The molecular formula is C33H39N7O2. The summed E-state index contributed by atoms with van der Waals surface area (Å²) in [6.07, 6.45) is 4.87. The molecule has 0 aliphatic heterocycles. The molecule has 4 aromatic rings. The van der Waals surface area contributed by atoms with Gasteiger partial charge in [-0.05, 0) is 66.6 Å². The maximum atomic E-state index is 13.1. The summed E-state index contributed by atoms with van der Waals surface area (Å²) >= 11 is 0. The van der Waals surface area contributed by atoms with Crippen molar-refractivity contribution in [1.29, 1.82) is 5.53 Å². The summed E-state index contributed by atoms with van der Waals surface area (Å²) in [7, 11) is 0. The van der Waals surface area contributed by atoms with Crippen molar-refractivity contribution < 1.29 is 9.90 Å². The Morgan fingerprint density at radius 3 is 2.40 bits per heavy atom. The molecule has 1 aromatic heterocycles. The number of aliphatic hydroxyl groups is 1. The number of hydrogen-bond acceptors (Lipinski definition) is 6. The van der Waals surface area contributed by atoms with Gasteiger partial charge >= 0.3 is 0 Å². The van der Waals surface area contributed by atoms with Crippen LogP contribution in [0.5, 0.6) is 0 Å². The Balaban J connectivity index is 1.65. The van der Waals surface area contributed by atoms with Gasteiger partial charge in [0.1, 0.15) is 11.5 Å². The number of unbranched alkanes of at least 4 members (excludes halogenated alkanes) is 1. The third-order valence-electron chi connectivity index (χ3n) is 7.15. The van der Waals surface area contributed by atoms with E-state index in [2.05, 4.69) is 33.5 Å². The van der Waals surface area contributed by atoms with Crippen LogP contribution in [0.1, 0.15) is 67.5 Å². The molecule has 9 nitrogen and oxygen atoms in total. The molecule has 0 aliphatic rings. The van der Waals surface area contributed by atoms with E-state index in [1.54, 1.807) is 20.0 Å². The molecule has 3 aromatic carbocycles. The van der Waals surface area contributed by atoms with E-state index < -0.39 is 5.60 Å². The maximum Gasteiger partial charge on any atom is 0.269 e. The minimum atomic E-state index is -0.854. The number of aryl methyl sites for hydroxylation is 1. The van der Waals surface area contributed by atoms with Crippen molar-refractivity contribution in [3.8, 4) is 22.3 Å². The lowest BCUT2D eigenvalue weighted by Crippen LogP contribution is -2.32. The van der Waals surface area contributed by atoms with Crippen LogP contribution in [0.15, 0.2) is 89.2 Å². The quantitative estimate of drug-likeness (QED) is 0.0537. The monoisotopic (exact) mass is 565 g/mol. The molecule has 0 saturated carbocycles. The third kappa shape index (κ3) is 7.55. The van der Waals surface area contributed by atoms with E-state index in [1.165, 1.54) is 0 Å². The van der Waals surface area contributed by atoms with Gasteiger partial charge in [0.2, 0.25) is 0 Å². The Labute approximate surface area is 247 Å². The van der Waals surface area contributed by atoms with Crippen molar-refractivity contribution in [3.05, 3.63) is 102 Å². The number of amidine groups is 1. The number of rotatable bonds is 12. The van der Waals surface area contributed by atoms with E-state index in [0.29, 0.717) is 30.8 Å². The number of carbonyl (C=O) groups excluding carboxylic acids is 1. The molecule has 0 radical (unpaired) electrons. The topological polar surface area (TPSA) is 142 Å². The molecule has 0 saturated heterocycles. The van der Waals surface area contributed by atoms with E-state index in [9.17, 15) is 9.90 Å². The average Bonchev–Trinajstić information content (AvgIpc) is 3.39. The molecule has 0 unspecified atom stereocenters. The molecule has 218 valence electrons. The first-order valence-electron chi connectivity index (χ1n) is 14.2. The lowest BCUT2D eigenvalue weighted by atomic mass is 9.93.